The number of rotatable bonds is 1. The summed E-state index contributed by atoms with van der Waals surface area (Å²) >= 11 is 6.04. The van der Waals surface area contributed by atoms with Crippen LogP contribution in [0.3, 0.4) is 0 Å². The maximum atomic E-state index is 9.22. The number of anilines is 1. The molecule has 1 aliphatic rings. The number of piperazine rings is 1. The second kappa shape index (κ2) is 4.07. The van der Waals surface area contributed by atoms with Crippen LogP contribution in [0.1, 0.15) is 0 Å². The third-order valence-corrected chi connectivity index (χ3v) is 2.69. The van der Waals surface area contributed by atoms with Crippen LogP contribution in [0.4, 0.5) is 5.69 Å². The van der Waals surface area contributed by atoms with Gasteiger partial charge in [0.15, 0.2) is 0 Å². The van der Waals surface area contributed by atoms with Gasteiger partial charge in [-0.15, -0.1) is 0 Å². The van der Waals surface area contributed by atoms with Crippen molar-refractivity contribution >= 4 is 17.3 Å². The second-order valence-electron chi connectivity index (χ2n) is 3.37. The van der Waals surface area contributed by atoms with Crippen molar-refractivity contribution in [3.05, 3.63) is 23.2 Å². The standard InChI is InChI=1S/C10H13ClN2O/c11-9-7-8(14)1-2-10(9)13-5-3-12-4-6-13/h1-2,7,12,14H,3-6H2. The van der Waals surface area contributed by atoms with E-state index in [1.165, 1.54) is 0 Å². The molecule has 1 aromatic rings. The molecular weight excluding hydrogens is 200 g/mol. The molecule has 0 atom stereocenters. The monoisotopic (exact) mass is 212 g/mol. The van der Waals surface area contributed by atoms with E-state index in [1.807, 2.05) is 6.07 Å². The molecule has 2 N–H and O–H groups in total. The predicted molar refractivity (Wildman–Crippen MR) is 58.2 cm³/mol. The van der Waals surface area contributed by atoms with Gasteiger partial charge in [-0.05, 0) is 12.1 Å². The van der Waals surface area contributed by atoms with Gasteiger partial charge in [0, 0.05) is 32.2 Å². The Balaban J connectivity index is 2.22. The maximum absolute atomic E-state index is 9.22. The molecule has 0 spiro atoms. The Kier molecular flexibility index (Phi) is 2.79. The summed E-state index contributed by atoms with van der Waals surface area (Å²) in [6, 6.07) is 5.12. The van der Waals surface area contributed by atoms with Gasteiger partial charge < -0.3 is 15.3 Å². The number of phenolic OH excluding ortho intramolecular Hbond substituents is 1. The van der Waals surface area contributed by atoms with Gasteiger partial charge in [-0.25, -0.2) is 0 Å². The molecule has 76 valence electrons. The first kappa shape index (κ1) is 9.62. The molecule has 0 saturated carbocycles. The highest BCUT2D eigenvalue weighted by atomic mass is 35.5. The van der Waals surface area contributed by atoms with Crippen molar-refractivity contribution in [2.24, 2.45) is 0 Å². The minimum atomic E-state index is 0.217. The van der Waals surface area contributed by atoms with Crippen molar-refractivity contribution in [1.82, 2.24) is 5.32 Å². The first-order valence-corrected chi connectivity index (χ1v) is 5.09. The van der Waals surface area contributed by atoms with E-state index in [4.69, 9.17) is 11.6 Å². The van der Waals surface area contributed by atoms with Crippen molar-refractivity contribution in [1.29, 1.82) is 0 Å². The lowest BCUT2D eigenvalue weighted by atomic mass is 10.2. The summed E-state index contributed by atoms with van der Waals surface area (Å²) in [6.45, 7) is 3.89. The quantitative estimate of drug-likeness (QED) is 0.740. The highest BCUT2D eigenvalue weighted by Gasteiger charge is 2.13. The molecule has 1 saturated heterocycles. The fourth-order valence-electron chi connectivity index (χ4n) is 1.66. The van der Waals surface area contributed by atoms with Gasteiger partial charge in [-0.3, -0.25) is 0 Å². The third-order valence-electron chi connectivity index (χ3n) is 2.39. The summed E-state index contributed by atoms with van der Waals surface area (Å²) in [4.78, 5) is 2.22. The number of aromatic hydroxyl groups is 1. The summed E-state index contributed by atoms with van der Waals surface area (Å²) < 4.78 is 0. The zero-order valence-corrected chi connectivity index (χ0v) is 8.59. The van der Waals surface area contributed by atoms with E-state index in [0.29, 0.717) is 5.02 Å². The number of nitrogens with one attached hydrogen (secondary N) is 1. The lowest BCUT2D eigenvalue weighted by Crippen LogP contribution is -2.43. The summed E-state index contributed by atoms with van der Waals surface area (Å²) in [5.41, 5.74) is 1.01. The molecule has 0 radical (unpaired) electrons. The van der Waals surface area contributed by atoms with Crippen molar-refractivity contribution < 1.29 is 5.11 Å². The maximum Gasteiger partial charge on any atom is 0.117 e. The van der Waals surface area contributed by atoms with Gasteiger partial charge in [0.2, 0.25) is 0 Å². The lowest BCUT2D eigenvalue weighted by Gasteiger charge is -2.30. The molecule has 0 aliphatic carbocycles. The average molecular weight is 213 g/mol. The molecular formula is C10H13ClN2O. The molecule has 3 nitrogen and oxygen atoms in total. The van der Waals surface area contributed by atoms with Crippen molar-refractivity contribution in [3.8, 4) is 5.75 Å². The van der Waals surface area contributed by atoms with Crippen LogP contribution < -0.4 is 10.2 Å². The summed E-state index contributed by atoms with van der Waals surface area (Å²) in [5, 5.41) is 13.1. The number of hydrogen-bond acceptors (Lipinski definition) is 3. The average Bonchev–Trinajstić information content (AvgIpc) is 2.19. The van der Waals surface area contributed by atoms with Crippen LogP contribution in [-0.4, -0.2) is 31.3 Å². The molecule has 1 aromatic carbocycles. The van der Waals surface area contributed by atoms with Crippen LogP contribution in [0.25, 0.3) is 0 Å². The zero-order chi connectivity index (χ0) is 9.97. The van der Waals surface area contributed by atoms with Gasteiger partial charge in [0.05, 0.1) is 10.7 Å². The fraction of sp³-hybridized carbons (Fsp3) is 0.400. The Bertz CT molecular complexity index is 324. The van der Waals surface area contributed by atoms with E-state index in [9.17, 15) is 5.11 Å². The molecule has 1 heterocycles. The fourth-order valence-corrected chi connectivity index (χ4v) is 1.95. The third kappa shape index (κ3) is 1.94. The minimum Gasteiger partial charge on any atom is -0.508 e. The smallest absolute Gasteiger partial charge is 0.117 e. The second-order valence-corrected chi connectivity index (χ2v) is 3.78. The largest absolute Gasteiger partial charge is 0.508 e. The van der Waals surface area contributed by atoms with Crippen LogP contribution in [0, 0.1) is 0 Å². The Hall–Kier alpha value is -0.930. The van der Waals surface area contributed by atoms with Gasteiger partial charge in [0.25, 0.3) is 0 Å². The molecule has 0 bridgehead atoms. The van der Waals surface area contributed by atoms with Crippen molar-refractivity contribution in [2.45, 2.75) is 0 Å². The molecule has 0 amide bonds. The molecule has 14 heavy (non-hydrogen) atoms. The Morgan fingerprint density at radius 1 is 1.29 bits per heavy atom. The Labute approximate surface area is 88.3 Å². The van der Waals surface area contributed by atoms with E-state index in [2.05, 4.69) is 10.2 Å². The number of phenols is 1. The molecule has 1 aliphatic heterocycles. The Morgan fingerprint density at radius 3 is 2.64 bits per heavy atom. The van der Waals surface area contributed by atoms with Crippen LogP contribution in [0.2, 0.25) is 5.02 Å². The SMILES string of the molecule is Oc1ccc(N2CCNCC2)c(Cl)c1. The first-order valence-electron chi connectivity index (χ1n) is 4.71. The highest BCUT2D eigenvalue weighted by Crippen LogP contribution is 2.29. The number of hydrogen-bond donors (Lipinski definition) is 2. The highest BCUT2D eigenvalue weighted by molar-refractivity contribution is 6.33. The lowest BCUT2D eigenvalue weighted by molar-refractivity contribution is 0.475. The van der Waals surface area contributed by atoms with E-state index < -0.39 is 0 Å². The molecule has 4 heteroatoms. The Morgan fingerprint density at radius 2 is 2.00 bits per heavy atom. The molecule has 0 unspecified atom stereocenters. The normalized spacial score (nSPS) is 17.1. The summed E-state index contributed by atoms with van der Waals surface area (Å²) in [5.74, 6) is 0.217. The van der Waals surface area contributed by atoms with Crippen LogP contribution in [-0.2, 0) is 0 Å². The molecule has 1 fully saturated rings. The van der Waals surface area contributed by atoms with Crippen molar-refractivity contribution in [3.63, 3.8) is 0 Å². The first-order chi connectivity index (χ1) is 6.77. The zero-order valence-electron chi connectivity index (χ0n) is 7.83. The van der Waals surface area contributed by atoms with Crippen LogP contribution in [0.15, 0.2) is 18.2 Å². The van der Waals surface area contributed by atoms with E-state index >= 15 is 0 Å². The van der Waals surface area contributed by atoms with E-state index in [-0.39, 0.29) is 5.75 Å². The van der Waals surface area contributed by atoms with Crippen LogP contribution >= 0.6 is 11.6 Å². The van der Waals surface area contributed by atoms with Gasteiger partial charge in [-0.2, -0.15) is 0 Å². The van der Waals surface area contributed by atoms with Crippen molar-refractivity contribution in [2.75, 3.05) is 31.1 Å². The van der Waals surface area contributed by atoms with Crippen LogP contribution in [0.5, 0.6) is 5.75 Å². The molecule has 0 aromatic heterocycles. The number of halogens is 1. The molecule has 2 rings (SSSR count). The van der Waals surface area contributed by atoms with Gasteiger partial charge in [-0.1, -0.05) is 11.6 Å². The van der Waals surface area contributed by atoms with E-state index in [0.717, 1.165) is 31.9 Å². The van der Waals surface area contributed by atoms with E-state index in [1.54, 1.807) is 12.1 Å². The van der Waals surface area contributed by atoms with Gasteiger partial charge >= 0.3 is 0 Å². The predicted octanol–water partition coefficient (Wildman–Crippen LogP) is 1.46. The number of benzene rings is 1. The minimum absolute atomic E-state index is 0.217. The number of nitrogens with zero attached hydrogens (tertiary/aromatic N) is 1. The topological polar surface area (TPSA) is 35.5 Å². The summed E-state index contributed by atoms with van der Waals surface area (Å²) in [7, 11) is 0. The summed E-state index contributed by atoms with van der Waals surface area (Å²) in [6.07, 6.45) is 0. The van der Waals surface area contributed by atoms with Gasteiger partial charge in [0.1, 0.15) is 5.75 Å².